The number of amides is 1. The highest BCUT2D eigenvalue weighted by molar-refractivity contribution is 8.14. The van der Waals surface area contributed by atoms with Crippen LogP contribution in [0, 0.1) is 0 Å². The third-order valence-electron chi connectivity index (χ3n) is 4.35. The van der Waals surface area contributed by atoms with Crippen molar-refractivity contribution in [2.75, 3.05) is 5.88 Å². The summed E-state index contributed by atoms with van der Waals surface area (Å²) in [4.78, 5) is 29.7. The quantitative estimate of drug-likeness (QED) is 0.124. The third kappa shape index (κ3) is 6.23. The van der Waals surface area contributed by atoms with E-state index in [9.17, 15) is 14.7 Å². The van der Waals surface area contributed by atoms with Gasteiger partial charge < -0.3 is 14.4 Å². The largest absolute Gasteiger partial charge is 0.548 e. The first-order valence-corrected chi connectivity index (χ1v) is 14.4. The summed E-state index contributed by atoms with van der Waals surface area (Å²) in [6.07, 6.45) is 8.69. The molecule has 2 aliphatic rings. The lowest BCUT2D eigenvalue weighted by atomic mass is 10.00. The van der Waals surface area contributed by atoms with Crippen molar-refractivity contribution >= 4 is 48.6 Å². The summed E-state index contributed by atoms with van der Waals surface area (Å²) in [6, 6.07) is -1.58. The minimum atomic E-state index is -1.54. The van der Waals surface area contributed by atoms with E-state index in [1.165, 1.54) is 16.7 Å². The van der Waals surface area contributed by atoms with E-state index < -0.39 is 26.4 Å². The van der Waals surface area contributed by atoms with Crippen molar-refractivity contribution in [2.24, 2.45) is 4.99 Å². The lowest BCUT2D eigenvalue weighted by molar-refractivity contribution is -0.157. The molecule has 1 amide bonds. The maximum Gasteiger partial charge on any atom is 0.330 e. The van der Waals surface area contributed by atoms with E-state index in [-0.39, 0.29) is 17.2 Å². The van der Waals surface area contributed by atoms with E-state index in [0.29, 0.717) is 12.0 Å². The summed E-state index contributed by atoms with van der Waals surface area (Å²) < 4.78 is 5.90. The molecule has 160 valence electrons. The van der Waals surface area contributed by atoms with E-state index in [2.05, 4.69) is 43.4 Å². The lowest BCUT2D eigenvalue weighted by Gasteiger charge is -2.44. The number of allylic oxidation sites excluding steroid dienone is 4. The molecule has 2 aliphatic heterocycles. The summed E-state index contributed by atoms with van der Waals surface area (Å²) >= 11 is 7.19. The minimum Gasteiger partial charge on any atom is -0.548 e. The fourth-order valence-electron chi connectivity index (χ4n) is 3.18. The highest BCUT2D eigenvalue weighted by Crippen LogP contribution is 2.42. The number of hydrogen-bond acceptors (Lipinski definition) is 5. The fraction of sp³-hybridized carbons (Fsp3) is 0.550. The number of hydrogen-bond donors (Lipinski definition) is 1. The highest BCUT2D eigenvalue weighted by atomic mass is 35.5. The number of carboxylic acids is 1. The van der Waals surface area contributed by atoms with Crippen LogP contribution in [0.4, 0.5) is 0 Å². The highest BCUT2D eigenvalue weighted by Gasteiger charge is 2.56. The average Bonchev–Trinajstić information content (AvgIpc) is 2.99. The number of carbonyl (C=O) groups excluding carboxylic acids is 1. The second-order valence-electron chi connectivity index (χ2n) is 8.04. The Kier molecular flexibility index (Phi) is 8.19. The molecule has 3 atom stereocenters. The van der Waals surface area contributed by atoms with Crippen LogP contribution in [-0.4, -0.2) is 58.6 Å². The number of halogens is 1. The number of likely N-dealkylation sites (tertiary alicyclic amines) is 1. The number of carboxylic acid groups (broad SMARTS) is 1. The van der Waals surface area contributed by atoms with Crippen LogP contribution in [0.3, 0.4) is 0 Å². The number of thioether (sulfide) groups is 1. The normalized spacial score (nSPS) is 22.9. The Morgan fingerprint density at radius 1 is 1.41 bits per heavy atom. The van der Waals surface area contributed by atoms with Gasteiger partial charge in [0.2, 0.25) is 8.32 Å². The van der Waals surface area contributed by atoms with Crippen molar-refractivity contribution in [3.63, 3.8) is 0 Å². The Hall–Kier alpha value is -1.51. The monoisotopic (exact) mass is 456 g/mol. The topological polar surface area (TPSA) is 79.2 Å². The van der Waals surface area contributed by atoms with E-state index in [4.69, 9.17) is 16.0 Å². The molecule has 3 unspecified atom stereocenters. The molecule has 0 saturated carbocycles. The Morgan fingerprint density at radius 2 is 2.10 bits per heavy atom. The number of fused-ring (bicyclic) bond motifs is 1. The smallest absolute Gasteiger partial charge is 0.330 e. The molecule has 2 rings (SSSR count). The van der Waals surface area contributed by atoms with Crippen molar-refractivity contribution in [1.82, 2.24) is 4.90 Å². The van der Waals surface area contributed by atoms with Gasteiger partial charge in [0.25, 0.3) is 5.91 Å². The molecule has 0 aromatic heterocycles. The zero-order valence-electron chi connectivity index (χ0n) is 17.4. The Bertz CT molecular complexity index is 760. The van der Waals surface area contributed by atoms with Gasteiger partial charge in [0.1, 0.15) is 5.37 Å². The summed E-state index contributed by atoms with van der Waals surface area (Å²) in [5, 5.41) is 10.0. The van der Waals surface area contributed by atoms with Crippen molar-refractivity contribution in [1.29, 1.82) is 0 Å². The van der Waals surface area contributed by atoms with Crippen molar-refractivity contribution < 1.29 is 19.1 Å². The standard InChI is InChI=1S/C20H29ClN2O4SSi/c1-13(12-21)17(20(25)26)23-18(24)16-19(23)28-15(22-16)11-9-7-6-8-10-14(2)27-29(3,4)5/h7,9-10,16-17,19H,1,6,8,11-12H2,2-5H3,(H,25,26). The number of nitrogens with zero attached hydrogens (tertiary/aromatic N) is 2. The molecule has 2 heterocycles. The van der Waals surface area contributed by atoms with Crippen LogP contribution < -0.4 is 0 Å². The molecule has 1 N–H and O–H groups in total. The van der Waals surface area contributed by atoms with Gasteiger partial charge in [0.05, 0.1) is 10.8 Å². The summed E-state index contributed by atoms with van der Waals surface area (Å²) in [6.45, 7) is 12.2. The van der Waals surface area contributed by atoms with Gasteiger partial charge in [-0.15, -0.1) is 11.6 Å². The molecule has 6 nitrogen and oxygen atoms in total. The predicted molar refractivity (Wildman–Crippen MR) is 122 cm³/mol. The predicted octanol–water partition coefficient (Wildman–Crippen LogP) is 4.40. The maximum absolute atomic E-state index is 12.4. The fourth-order valence-corrected chi connectivity index (χ4v) is 5.67. The molecule has 0 aliphatic carbocycles. The third-order valence-corrected chi connectivity index (χ3v) is 6.90. The number of rotatable bonds is 11. The summed E-state index contributed by atoms with van der Waals surface area (Å²) in [5.74, 6) is -0.410. The van der Waals surface area contributed by atoms with Crippen molar-refractivity contribution in [3.05, 3.63) is 36.1 Å². The van der Waals surface area contributed by atoms with Gasteiger partial charge >= 0.3 is 5.97 Å². The first-order valence-electron chi connectivity index (χ1n) is 9.58. The molecule has 0 bridgehead atoms. The number of carbonyl (C=O) groups is 2. The van der Waals surface area contributed by atoms with Crippen LogP contribution in [0.2, 0.25) is 19.6 Å². The molecule has 0 radical (unpaired) electrons. The molecule has 0 spiro atoms. The number of alkyl halides is 1. The van der Waals surface area contributed by atoms with Gasteiger partial charge in [0.15, 0.2) is 12.1 Å². The Labute approximate surface area is 182 Å². The lowest BCUT2D eigenvalue weighted by Crippen LogP contribution is -2.66. The van der Waals surface area contributed by atoms with Gasteiger partial charge in [-0.2, -0.15) is 0 Å². The molecule has 1 saturated heterocycles. The summed E-state index contributed by atoms with van der Waals surface area (Å²) in [7, 11) is -1.54. The molecule has 29 heavy (non-hydrogen) atoms. The van der Waals surface area contributed by atoms with Crippen LogP contribution in [0.25, 0.3) is 0 Å². The van der Waals surface area contributed by atoms with Crippen LogP contribution in [0.15, 0.2) is 41.1 Å². The molecule has 9 heteroatoms. The zero-order chi connectivity index (χ0) is 21.8. The molecule has 0 aromatic carbocycles. The van der Waals surface area contributed by atoms with Crippen LogP contribution >= 0.6 is 23.4 Å². The SMILES string of the molecule is C=C(CCl)C(C(=O)O)N1C(=O)C2N=C(CC=CCCC=C(C)O[Si](C)(C)C)SC21. The molecule has 0 aromatic rings. The minimum absolute atomic E-state index is 0.00382. The second kappa shape index (κ2) is 10.00. The average molecular weight is 457 g/mol. The number of β-lactam (4-membered cyclic amide) rings is 1. The van der Waals surface area contributed by atoms with Crippen molar-refractivity contribution in [3.8, 4) is 0 Å². The van der Waals surface area contributed by atoms with Crippen LogP contribution in [0.5, 0.6) is 0 Å². The van der Waals surface area contributed by atoms with Gasteiger partial charge in [0, 0.05) is 12.3 Å². The van der Waals surface area contributed by atoms with Gasteiger partial charge in [-0.25, -0.2) is 4.79 Å². The summed E-state index contributed by atoms with van der Waals surface area (Å²) in [5.41, 5.74) is 0.307. The van der Waals surface area contributed by atoms with E-state index in [0.717, 1.165) is 23.6 Å². The first kappa shape index (κ1) is 23.8. The van der Waals surface area contributed by atoms with Crippen LogP contribution in [-0.2, 0) is 14.0 Å². The van der Waals surface area contributed by atoms with Gasteiger partial charge in [-0.05, 0) is 51.1 Å². The Morgan fingerprint density at radius 3 is 2.69 bits per heavy atom. The zero-order valence-corrected chi connectivity index (χ0v) is 19.9. The van der Waals surface area contributed by atoms with E-state index in [1.54, 1.807) is 0 Å². The molecule has 1 fully saturated rings. The number of unbranched alkanes of at least 4 members (excludes halogenated alkanes) is 1. The maximum atomic E-state index is 12.4. The number of aliphatic imine (C=N–C) groups is 1. The molecular weight excluding hydrogens is 428 g/mol. The van der Waals surface area contributed by atoms with E-state index >= 15 is 0 Å². The van der Waals surface area contributed by atoms with E-state index in [1.807, 2.05) is 13.0 Å². The van der Waals surface area contributed by atoms with Gasteiger partial charge in [-0.3, -0.25) is 9.79 Å². The van der Waals surface area contributed by atoms with Crippen LogP contribution in [0.1, 0.15) is 26.2 Å². The Balaban J connectivity index is 1.82. The van der Waals surface area contributed by atoms with Crippen molar-refractivity contribution in [2.45, 2.75) is 63.3 Å². The number of aliphatic carboxylic acids is 1. The second-order valence-corrected chi connectivity index (χ2v) is 13.9. The van der Waals surface area contributed by atoms with Gasteiger partial charge in [-0.1, -0.05) is 30.5 Å². The first-order chi connectivity index (χ1) is 13.5. The molecular formula is C20H29ClN2O4SSi.